The zero-order chi connectivity index (χ0) is 15.7. The number of rotatable bonds is 9. The van der Waals surface area contributed by atoms with Crippen molar-refractivity contribution >= 4 is 23.6 Å². The van der Waals surface area contributed by atoms with Crippen molar-refractivity contribution in [3.63, 3.8) is 0 Å². The number of aryl methyl sites for hydroxylation is 1. The van der Waals surface area contributed by atoms with Crippen molar-refractivity contribution in [1.82, 2.24) is 5.32 Å². The van der Waals surface area contributed by atoms with Gasteiger partial charge in [0, 0.05) is 17.1 Å². The minimum absolute atomic E-state index is 0.196. The van der Waals surface area contributed by atoms with Crippen LogP contribution in [0.5, 0.6) is 0 Å². The van der Waals surface area contributed by atoms with Crippen molar-refractivity contribution in [3.8, 4) is 0 Å². The number of hydrogen-bond acceptors (Lipinski definition) is 3. The molecule has 1 atom stereocenters. The Morgan fingerprint density at radius 2 is 1.95 bits per heavy atom. The second-order valence-electron chi connectivity index (χ2n) is 5.01. The summed E-state index contributed by atoms with van der Waals surface area (Å²) in [5, 5.41) is 11.7. The van der Waals surface area contributed by atoms with Crippen LogP contribution in [-0.2, 0) is 9.59 Å². The Bertz CT molecular complexity index is 459. The van der Waals surface area contributed by atoms with Crippen LogP contribution in [0.2, 0.25) is 0 Å². The first-order valence-corrected chi connectivity index (χ1v) is 8.23. The lowest BCUT2D eigenvalue weighted by Gasteiger charge is -2.13. The predicted molar refractivity (Wildman–Crippen MR) is 85.6 cm³/mol. The number of carboxylic acid groups (broad SMARTS) is 1. The van der Waals surface area contributed by atoms with Crippen LogP contribution in [-0.4, -0.2) is 28.8 Å². The highest BCUT2D eigenvalue weighted by Crippen LogP contribution is 2.18. The highest BCUT2D eigenvalue weighted by Gasteiger charge is 2.18. The standard InChI is InChI=1S/C16H23NO3S/c1-3-4-5-14(16(19)20)17-15(18)10-11-21-13-8-6-12(2)7-9-13/h6-9,14H,3-5,10-11H2,1-2H3,(H,17,18)(H,19,20)/t14-/m0/s1. The van der Waals surface area contributed by atoms with E-state index in [1.165, 1.54) is 5.56 Å². The molecule has 21 heavy (non-hydrogen) atoms. The summed E-state index contributed by atoms with van der Waals surface area (Å²) >= 11 is 1.60. The first kappa shape index (κ1) is 17.6. The van der Waals surface area contributed by atoms with Crippen molar-refractivity contribution in [2.75, 3.05) is 5.75 Å². The molecule has 1 rings (SSSR count). The summed E-state index contributed by atoms with van der Waals surface area (Å²) in [6.45, 7) is 4.03. The highest BCUT2D eigenvalue weighted by atomic mass is 32.2. The Morgan fingerprint density at radius 1 is 1.29 bits per heavy atom. The molecule has 2 N–H and O–H groups in total. The Labute approximate surface area is 130 Å². The van der Waals surface area contributed by atoms with Crippen molar-refractivity contribution in [2.45, 2.75) is 50.5 Å². The number of thioether (sulfide) groups is 1. The van der Waals surface area contributed by atoms with Gasteiger partial charge in [0.15, 0.2) is 0 Å². The van der Waals surface area contributed by atoms with Crippen molar-refractivity contribution in [3.05, 3.63) is 29.8 Å². The number of amides is 1. The number of carbonyl (C=O) groups excluding carboxylic acids is 1. The van der Waals surface area contributed by atoms with Gasteiger partial charge in [-0.25, -0.2) is 4.79 Å². The SMILES string of the molecule is CCCC[C@H](NC(=O)CCSc1ccc(C)cc1)C(=O)O. The minimum atomic E-state index is -0.956. The average molecular weight is 309 g/mol. The Hall–Kier alpha value is -1.49. The maximum Gasteiger partial charge on any atom is 0.326 e. The van der Waals surface area contributed by atoms with E-state index >= 15 is 0 Å². The van der Waals surface area contributed by atoms with Crippen LogP contribution in [0.1, 0.15) is 38.2 Å². The molecule has 1 amide bonds. The molecule has 0 saturated carbocycles. The fraction of sp³-hybridized carbons (Fsp3) is 0.500. The minimum Gasteiger partial charge on any atom is -0.480 e. The van der Waals surface area contributed by atoms with E-state index in [1.54, 1.807) is 11.8 Å². The second-order valence-corrected chi connectivity index (χ2v) is 6.18. The maximum absolute atomic E-state index is 11.8. The van der Waals surface area contributed by atoms with Crippen LogP contribution in [0, 0.1) is 6.92 Å². The largest absolute Gasteiger partial charge is 0.480 e. The molecule has 0 aromatic heterocycles. The summed E-state index contributed by atoms with van der Waals surface area (Å²) in [6, 6.07) is 7.36. The van der Waals surface area contributed by atoms with Crippen molar-refractivity contribution in [1.29, 1.82) is 0 Å². The van der Waals surface area contributed by atoms with Crippen LogP contribution in [0.25, 0.3) is 0 Å². The van der Waals surface area contributed by atoms with E-state index in [2.05, 4.69) is 5.32 Å². The van der Waals surface area contributed by atoms with Crippen LogP contribution in [0.3, 0.4) is 0 Å². The number of aliphatic carboxylic acids is 1. The summed E-state index contributed by atoms with van der Waals surface area (Å²) in [5.74, 6) is -0.504. The molecule has 1 aromatic carbocycles. The number of hydrogen-bond donors (Lipinski definition) is 2. The van der Waals surface area contributed by atoms with Gasteiger partial charge in [0.1, 0.15) is 6.04 Å². The molecule has 0 bridgehead atoms. The van der Waals surface area contributed by atoms with E-state index in [1.807, 2.05) is 38.1 Å². The summed E-state index contributed by atoms with van der Waals surface area (Å²) < 4.78 is 0. The van der Waals surface area contributed by atoms with Gasteiger partial charge >= 0.3 is 5.97 Å². The molecule has 0 aliphatic heterocycles. The van der Waals surface area contributed by atoms with Gasteiger partial charge in [-0.2, -0.15) is 0 Å². The van der Waals surface area contributed by atoms with E-state index in [0.717, 1.165) is 17.7 Å². The third kappa shape index (κ3) is 7.18. The monoisotopic (exact) mass is 309 g/mol. The smallest absolute Gasteiger partial charge is 0.326 e. The lowest BCUT2D eigenvalue weighted by atomic mass is 10.1. The molecule has 0 aliphatic carbocycles. The quantitative estimate of drug-likeness (QED) is 0.687. The first-order chi connectivity index (χ1) is 10.0. The topological polar surface area (TPSA) is 66.4 Å². The van der Waals surface area contributed by atoms with Crippen molar-refractivity contribution < 1.29 is 14.7 Å². The van der Waals surface area contributed by atoms with E-state index in [4.69, 9.17) is 5.11 Å². The van der Waals surface area contributed by atoms with Gasteiger partial charge in [-0.15, -0.1) is 11.8 Å². The maximum atomic E-state index is 11.8. The molecule has 1 aromatic rings. The molecule has 0 fully saturated rings. The molecule has 0 radical (unpaired) electrons. The normalized spacial score (nSPS) is 11.9. The molecule has 0 spiro atoms. The first-order valence-electron chi connectivity index (χ1n) is 7.24. The molecule has 0 unspecified atom stereocenters. The predicted octanol–water partition coefficient (Wildman–Crippen LogP) is 3.24. The molecular weight excluding hydrogens is 286 g/mol. The number of nitrogens with one attached hydrogen (secondary N) is 1. The van der Waals surface area contributed by atoms with Crippen molar-refractivity contribution in [2.24, 2.45) is 0 Å². The lowest BCUT2D eigenvalue weighted by Crippen LogP contribution is -2.40. The van der Waals surface area contributed by atoms with E-state index < -0.39 is 12.0 Å². The Morgan fingerprint density at radius 3 is 2.52 bits per heavy atom. The van der Waals surface area contributed by atoms with Crippen LogP contribution in [0.4, 0.5) is 0 Å². The van der Waals surface area contributed by atoms with Gasteiger partial charge in [-0.1, -0.05) is 37.5 Å². The number of carbonyl (C=O) groups is 2. The number of carboxylic acids is 1. The number of benzene rings is 1. The zero-order valence-corrected chi connectivity index (χ0v) is 13.4. The highest BCUT2D eigenvalue weighted by molar-refractivity contribution is 7.99. The van der Waals surface area contributed by atoms with Crippen LogP contribution >= 0.6 is 11.8 Å². The Balaban J connectivity index is 2.32. The third-order valence-corrected chi connectivity index (χ3v) is 4.11. The van der Waals surface area contributed by atoms with E-state index in [0.29, 0.717) is 18.6 Å². The number of unbranched alkanes of at least 4 members (excludes halogenated alkanes) is 1. The van der Waals surface area contributed by atoms with Gasteiger partial charge in [0.2, 0.25) is 5.91 Å². The zero-order valence-electron chi connectivity index (χ0n) is 12.6. The molecule has 5 heteroatoms. The molecule has 4 nitrogen and oxygen atoms in total. The molecule has 0 saturated heterocycles. The van der Waals surface area contributed by atoms with Gasteiger partial charge in [0.05, 0.1) is 0 Å². The lowest BCUT2D eigenvalue weighted by molar-refractivity contribution is -0.142. The van der Waals surface area contributed by atoms with Gasteiger partial charge in [-0.05, 0) is 25.5 Å². The molecule has 116 valence electrons. The summed E-state index contributed by atoms with van der Waals surface area (Å²) in [6.07, 6.45) is 2.54. The fourth-order valence-electron chi connectivity index (χ4n) is 1.83. The summed E-state index contributed by atoms with van der Waals surface area (Å²) in [5.41, 5.74) is 1.21. The third-order valence-electron chi connectivity index (χ3n) is 3.10. The van der Waals surface area contributed by atoms with Gasteiger partial charge in [-0.3, -0.25) is 4.79 Å². The Kier molecular flexibility index (Phi) is 7.90. The van der Waals surface area contributed by atoms with Crippen LogP contribution < -0.4 is 5.32 Å². The summed E-state index contributed by atoms with van der Waals surface area (Å²) in [7, 11) is 0. The molecule has 0 aliphatic rings. The average Bonchev–Trinajstić information content (AvgIpc) is 2.45. The van der Waals surface area contributed by atoms with E-state index in [-0.39, 0.29) is 5.91 Å². The summed E-state index contributed by atoms with van der Waals surface area (Å²) in [4.78, 5) is 23.9. The van der Waals surface area contributed by atoms with Gasteiger partial charge < -0.3 is 10.4 Å². The molecular formula is C16H23NO3S. The van der Waals surface area contributed by atoms with E-state index in [9.17, 15) is 9.59 Å². The van der Waals surface area contributed by atoms with Gasteiger partial charge in [0.25, 0.3) is 0 Å². The fourth-order valence-corrected chi connectivity index (χ4v) is 2.68. The molecule has 0 heterocycles. The second kappa shape index (κ2) is 9.45. The van der Waals surface area contributed by atoms with Crippen LogP contribution in [0.15, 0.2) is 29.2 Å².